The molecule has 2 heterocycles. The maximum atomic E-state index is 13.7. The van der Waals surface area contributed by atoms with Crippen LogP contribution in [0.4, 0.5) is 0 Å². The Bertz CT molecular complexity index is 1020. The number of likely N-dealkylation sites (tertiary alicyclic amines) is 1. The lowest BCUT2D eigenvalue weighted by atomic mass is 9.99. The van der Waals surface area contributed by atoms with Gasteiger partial charge in [0.1, 0.15) is 6.04 Å². The summed E-state index contributed by atoms with van der Waals surface area (Å²) in [4.78, 5) is 54.8. The van der Waals surface area contributed by atoms with Crippen LogP contribution in [0.1, 0.15) is 53.0 Å². The van der Waals surface area contributed by atoms with Crippen molar-refractivity contribution in [1.82, 2.24) is 15.1 Å². The van der Waals surface area contributed by atoms with E-state index in [0.717, 1.165) is 10.5 Å². The number of benzene rings is 2. The molecule has 2 aliphatic rings. The van der Waals surface area contributed by atoms with E-state index in [1.165, 1.54) is 0 Å². The van der Waals surface area contributed by atoms with E-state index in [2.05, 4.69) is 5.32 Å². The van der Waals surface area contributed by atoms with Gasteiger partial charge in [0.25, 0.3) is 11.8 Å². The molecule has 2 aromatic rings. The van der Waals surface area contributed by atoms with Gasteiger partial charge in [-0.1, -0.05) is 56.3 Å². The van der Waals surface area contributed by atoms with E-state index < -0.39 is 17.9 Å². The third-order valence-electron chi connectivity index (χ3n) is 6.37. The maximum Gasteiger partial charge on any atom is 0.262 e. The Morgan fingerprint density at radius 2 is 1.45 bits per heavy atom. The van der Waals surface area contributed by atoms with E-state index in [1.54, 1.807) is 29.2 Å². The molecular formula is C26H29N3O4. The summed E-state index contributed by atoms with van der Waals surface area (Å²) in [6.45, 7) is 4.64. The Morgan fingerprint density at radius 3 is 2.00 bits per heavy atom. The highest BCUT2D eigenvalue weighted by molar-refractivity contribution is 6.22. The average molecular weight is 448 g/mol. The van der Waals surface area contributed by atoms with E-state index >= 15 is 0 Å². The van der Waals surface area contributed by atoms with Crippen molar-refractivity contribution in [3.63, 3.8) is 0 Å². The van der Waals surface area contributed by atoms with Crippen molar-refractivity contribution in [3.05, 3.63) is 71.3 Å². The fourth-order valence-electron chi connectivity index (χ4n) is 4.44. The third-order valence-corrected chi connectivity index (χ3v) is 6.37. The Balaban J connectivity index is 1.54. The molecule has 33 heavy (non-hydrogen) atoms. The van der Waals surface area contributed by atoms with Crippen LogP contribution in [0.5, 0.6) is 0 Å². The normalized spacial score (nSPS) is 17.3. The second-order valence-electron chi connectivity index (χ2n) is 8.99. The first-order chi connectivity index (χ1) is 15.9. The van der Waals surface area contributed by atoms with Gasteiger partial charge >= 0.3 is 0 Å². The van der Waals surface area contributed by atoms with Crippen LogP contribution in [-0.2, 0) is 16.0 Å². The summed E-state index contributed by atoms with van der Waals surface area (Å²) in [5, 5.41) is 3.03. The van der Waals surface area contributed by atoms with Gasteiger partial charge in [0.2, 0.25) is 11.8 Å². The second-order valence-corrected chi connectivity index (χ2v) is 8.99. The predicted octanol–water partition coefficient (Wildman–Crippen LogP) is 2.66. The SMILES string of the molecule is CC(C)C(=O)NC1CCN(C(=O)C(Cc2ccccc2)N2C(=O)c3ccccc3C2=O)CC1. The Morgan fingerprint density at radius 1 is 0.909 bits per heavy atom. The largest absolute Gasteiger partial charge is 0.353 e. The fraction of sp³-hybridized carbons (Fsp3) is 0.385. The summed E-state index contributed by atoms with van der Waals surface area (Å²) < 4.78 is 0. The molecular weight excluding hydrogens is 418 g/mol. The molecule has 1 unspecified atom stereocenters. The molecule has 0 aliphatic carbocycles. The topological polar surface area (TPSA) is 86.8 Å². The highest BCUT2D eigenvalue weighted by Gasteiger charge is 2.44. The van der Waals surface area contributed by atoms with Crippen LogP contribution in [0, 0.1) is 5.92 Å². The van der Waals surface area contributed by atoms with Gasteiger partial charge in [0, 0.05) is 31.5 Å². The lowest BCUT2D eigenvalue weighted by molar-refractivity contribution is -0.136. The lowest BCUT2D eigenvalue weighted by Gasteiger charge is -2.36. The van der Waals surface area contributed by atoms with Crippen molar-refractivity contribution in [1.29, 1.82) is 0 Å². The lowest BCUT2D eigenvalue weighted by Crippen LogP contribution is -2.55. The number of amides is 4. The van der Waals surface area contributed by atoms with Gasteiger partial charge in [-0.15, -0.1) is 0 Å². The number of carbonyl (C=O) groups excluding carboxylic acids is 4. The van der Waals surface area contributed by atoms with E-state index in [-0.39, 0.29) is 30.2 Å². The molecule has 2 aromatic carbocycles. The molecule has 7 heteroatoms. The molecule has 2 aliphatic heterocycles. The number of piperidine rings is 1. The number of imide groups is 1. The first-order valence-electron chi connectivity index (χ1n) is 11.5. The minimum absolute atomic E-state index is 0.00718. The van der Waals surface area contributed by atoms with Crippen LogP contribution < -0.4 is 5.32 Å². The molecule has 172 valence electrons. The summed E-state index contributed by atoms with van der Waals surface area (Å²) in [5.74, 6) is -1.17. The number of rotatable bonds is 6. The number of hydrogen-bond acceptors (Lipinski definition) is 4. The summed E-state index contributed by atoms with van der Waals surface area (Å²) in [6.07, 6.45) is 1.55. The summed E-state index contributed by atoms with van der Waals surface area (Å²) in [7, 11) is 0. The molecule has 1 saturated heterocycles. The van der Waals surface area contributed by atoms with Crippen LogP contribution in [-0.4, -0.2) is 58.6 Å². The first-order valence-corrected chi connectivity index (χ1v) is 11.5. The molecule has 4 rings (SSSR count). The van der Waals surface area contributed by atoms with Crippen LogP contribution in [0.25, 0.3) is 0 Å². The van der Waals surface area contributed by atoms with Crippen LogP contribution in [0.3, 0.4) is 0 Å². The standard InChI is InChI=1S/C26H29N3O4/c1-17(2)23(30)27-19-12-14-28(15-13-19)26(33)22(16-18-8-4-3-5-9-18)29-24(31)20-10-6-7-11-21(20)25(29)32/h3-11,17,19,22H,12-16H2,1-2H3,(H,27,30). The van der Waals surface area contributed by atoms with Gasteiger partial charge in [0.15, 0.2) is 0 Å². The number of carbonyl (C=O) groups is 4. The quantitative estimate of drug-likeness (QED) is 0.690. The molecule has 7 nitrogen and oxygen atoms in total. The van der Waals surface area contributed by atoms with Gasteiger partial charge in [-0.2, -0.15) is 0 Å². The van der Waals surface area contributed by atoms with Crippen molar-refractivity contribution in [2.75, 3.05) is 13.1 Å². The molecule has 4 amide bonds. The van der Waals surface area contributed by atoms with Crippen molar-refractivity contribution < 1.29 is 19.2 Å². The summed E-state index contributed by atoms with van der Waals surface area (Å²) >= 11 is 0. The van der Waals surface area contributed by atoms with Crippen molar-refractivity contribution in [2.24, 2.45) is 5.92 Å². The van der Waals surface area contributed by atoms with E-state index in [4.69, 9.17) is 0 Å². The smallest absolute Gasteiger partial charge is 0.262 e. The fourth-order valence-corrected chi connectivity index (χ4v) is 4.44. The summed E-state index contributed by atoms with van der Waals surface area (Å²) in [5.41, 5.74) is 1.55. The Labute approximate surface area is 193 Å². The molecule has 1 fully saturated rings. The monoisotopic (exact) mass is 447 g/mol. The van der Waals surface area contributed by atoms with Crippen molar-refractivity contribution >= 4 is 23.6 Å². The maximum absolute atomic E-state index is 13.7. The number of nitrogens with zero attached hydrogens (tertiary/aromatic N) is 2. The van der Waals surface area contributed by atoms with E-state index in [0.29, 0.717) is 37.1 Å². The second kappa shape index (κ2) is 9.57. The summed E-state index contributed by atoms with van der Waals surface area (Å²) in [6, 6.07) is 15.2. The molecule has 1 N–H and O–H groups in total. The highest BCUT2D eigenvalue weighted by atomic mass is 16.2. The third kappa shape index (κ3) is 4.67. The minimum Gasteiger partial charge on any atom is -0.353 e. The van der Waals surface area contributed by atoms with E-state index in [1.807, 2.05) is 44.2 Å². The van der Waals surface area contributed by atoms with Crippen LogP contribution >= 0.6 is 0 Å². The number of nitrogens with one attached hydrogen (secondary N) is 1. The minimum atomic E-state index is -0.915. The first kappa shape index (κ1) is 22.7. The number of hydrogen-bond donors (Lipinski definition) is 1. The molecule has 0 saturated carbocycles. The molecule has 0 aromatic heterocycles. The Hall–Kier alpha value is -3.48. The van der Waals surface area contributed by atoms with Gasteiger partial charge in [-0.3, -0.25) is 24.1 Å². The van der Waals surface area contributed by atoms with Gasteiger partial charge in [0.05, 0.1) is 11.1 Å². The Kier molecular flexibility index (Phi) is 6.58. The number of fused-ring (bicyclic) bond motifs is 1. The van der Waals surface area contributed by atoms with Gasteiger partial charge in [-0.25, -0.2) is 0 Å². The zero-order valence-corrected chi connectivity index (χ0v) is 19.0. The predicted molar refractivity (Wildman–Crippen MR) is 123 cm³/mol. The van der Waals surface area contributed by atoms with Crippen molar-refractivity contribution in [3.8, 4) is 0 Å². The van der Waals surface area contributed by atoms with Gasteiger partial charge < -0.3 is 10.2 Å². The molecule has 1 atom stereocenters. The molecule has 0 spiro atoms. The molecule has 0 radical (unpaired) electrons. The highest BCUT2D eigenvalue weighted by Crippen LogP contribution is 2.27. The molecule has 0 bridgehead atoms. The van der Waals surface area contributed by atoms with Gasteiger partial charge in [-0.05, 0) is 30.5 Å². The van der Waals surface area contributed by atoms with Crippen LogP contribution in [0.2, 0.25) is 0 Å². The van der Waals surface area contributed by atoms with Crippen LogP contribution in [0.15, 0.2) is 54.6 Å². The zero-order valence-electron chi connectivity index (χ0n) is 19.0. The van der Waals surface area contributed by atoms with E-state index in [9.17, 15) is 19.2 Å². The average Bonchev–Trinajstić information content (AvgIpc) is 3.08. The van der Waals surface area contributed by atoms with Crippen molar-refractivity contribution in [2.45, 2.75) is 45.2 Å². The zero-order chi connectivity index (χ0) is 23.5.